The molecule has 4 rings (SSSR count). The lowest BCUT2D eigenvalue weighted by molar-refractivity contribution is -0.115. The number of methoxy groups -OCH3 is 1. The highest BCUT2D eigenvalue weighted by atomic mass is 16.5. The smallest absolute Gasteiger partial charge is 0.228 e. The van der Waals surface area contributed by atoms with E-state index in [1.54, 1.807) is 43.8 Å². The van der Waals surface area contributed by atoms with Crippen molar-refractivity contribution in [2.45, 2.75) is 27.2 Å². The summed E-state index contributed by atoms with van der Waals surface area (Å²) in [6, 6.07) is 14.6. The monoisotopic (exact) mass is 443 g/mol. The van der Waals surface area contributed by atoms with E-state index in [1.807, 2.05) is 43.5 Å². The molecule has 0 bridgehead atoms. The lowest BCUT2D eigenvalue weighted by Gasteiger charge is -2.10. The summed E-state index contributed by atoms with van der Waals surface area (Å²) in [4.78, 5) is 25.2. The van der Waals surface area contributed by atoms with Crippen LogP contribution in [0.5, 0.6) is 17.4 Å². The van der Waals surface area contributed by atoms with Gasteiger partial charge in [0.05, 0.1) is 19.2 Å². The van der Waals surface area contributed by atoms with E-state index in [9.17, 15) is 4.79 Å². The molecule has 0 spiro atoms. The van der Waals surface area contributed by atoms with E-state index in [0.29, 0.717) is 23.1 Å². The number of ether oxygens (including phenoxy) is 2. The van der Waals surface area contributed by atoms with E-state index >= 15 is 0 Å². The van der Waals surface area contributed by atoms with Gasteiger partial charge >= 0.3 is 0 Å². The summed E-state index contributed by atoms with van der Waals surface area (Å²) in [5, 5.41) is 2.91. The Kier molecular flexibility index (Phi) is 6.35. The van der Waals surface area contributed by atoms with Crippen LogP contribution in [-0.2, 0) is 11.2 Å². The molecule has 2 aromatic carbocycles. The van der Waals surface area contributed by atoms with Gasteiger partial charge in [-0.25, -0.2) is 15.0 Å². The number of nitrogens with one attached hydrogen (secondary N) is 1. The average molecular weight is 444 g/mol. The number of carbonyl (C=O) groups is 1. The van der Waals surface area contributed by atoms with Gasteiger partial charge in [0, 0.05) is 17.4 Å². The van der Waals surface area contributed by atoms with Crippen LogP contribution in [0.2, 0.25) is 0 Å². The molecule has 168 valence electrons. The second kappa shape index (κ2) is 9.52. The van der Waals surface area contributed by atoms with Gasteiger partial charge < -0.3 is 14.8 Å². The van der Waals surface area contributed by atoms with Crippen LogP contribution in [0.4, 0.5) is 5.69 Å². The molecule has 0 fully saturated rings. The number of imidazole rings is 1. The van der Waals surface area contributed by atoms with Crippen LogP contribution >= 0.6 is 0 Å². The van der Waals surface area contributed by atoms with Crippen LogP contribution in [-0.4, -0.2) is 32.5 Å². The fourth-order valence-electron chi connectivity index (χ4n) is 3.42. The molecule has 1 N–H and O–H groups in total. The zero-order valence-corrected chi connectivity index (χ0v) is 19.0. The molecule has 0 atom stereocenters. The molecular weight excluding hydrogens is 418 g/mol. The third-order valence-corrected chi connectivity index (χ3v) is 5.31. The first-order chi connectivity index (χ1) is 15.9. The molecule has 8 nitrogen and oxygen atoms in total. The number of amides is 1. The number of benzene rings is 2. The minimum atomic E-state index is -0.0975. The standard InChI is InChI=1S/C25H25N5O3/c1-16-11-19(5-10-22(16)32-4)12-24(31)29-20-6-8-21(9-7-20)33-25-13-23(26-14-27-25)30-15-28-17(2)18(30)3/h5-11,13-15H,12H2,1-4H3,(H,29,31). The second-order valence-corrected chi connectivity index (χ2v) is 7.66. The summed E-state index contributed by atoms with van der Waals surface area (Å²) in [5.74, 6) is 2.40. The first-order valence-electron chi connectivity index (χ1n) is 10.5. The van der Waals surface area contributed by atoms with Crippen LogP contribution in [0.25, 0.3) is 5.82 Å². The van der Waals surface area contributed by atoms with Crippen molar-refractivity contribution in [2.75, 3.05) is 12.4 Å². The highest BCUT2D eigenvalue weighted by molar-refractivity contribution is 5.92. The molecule has 0 aliphatic rings. The summed E-state index contributed by atoms with van der Waals surface area (Å²) in [6.07, 6.45) is 3.45. The molecule has 0 radical (unpaired) electrons. The maximum atomic E-state index is 12.4. The predicted octanol–water partition coefficient (Wildman–Crippen LogP) is 4.57. The summed E-state index contributed by atoms with van der Waals surface area (Å²) in [5.41, 5.74) is 4.55. The van der Waals surface area contributed by atoms with Crippen LogP contribution in [0, 0.1) is 20.8 Å². The second-order valence-electron chi connectivity index (χ2n) is 7.66. The number of anilines is 1. The Hall–Kier alpha value is -4.20. The van der Waals surface area contributed by atoms with E-state index < -0.39 is 0 Å². The van der Waals surface area contributed by atoms with E-state index in [0.717, 1.165) is 28.3 Å². The van der Waals surface area contributed by atoms with Gasteiger partial charge in [-0.3, -0.25) is 9.36 Å². The van der Waals surface area contributed by atoms with Crippen LogP contribution in [0.15, 0.2) is 61.2 Å². The fraction of sp³-hybridized carbons (Fsp3) is 0.200. The number of carbonyl (C=O) groups excluding carboxylic acids is 1. The lowest BCUT2D eigenvalue weighted by Crippen LogP contribution is -2.14. The molecule has 33 heavy (non-hydrogen) atoms. The van der Waals surface area contributed by atoms with Gasteiger partial charge in [0.15, 0.2) is 0 Å². The number of rotatable bonds is 7. The summed E-state index contributed by atoms with van der Waals surface area (Å²) in [7, 11) is 1.63. The minimum Gasteiger partial charge on any atom is -0.496 e. The van der Waals surface area contributed by atoms with Crippen LogP contribution in [0.3, 0.4) is 0 Å². The number of aryl methyl sites for hydroxylation is 2. The van der Waals surface area contributed by atoms with Crippen molar-refractivity contribution < 1.29 is 14.3 Å². The maximum Gasteiger partial charge on any atom is 0.228 e. The first-order valence-corrected chi connectivity index (χ1v) is 10.5. The fourth-order valence-corrected chi connectivity index (χ4v) is 3.42. The Bertz CT molecular complexity index is 1280. The average Bonchev–Trinajstić information content (AvgIpc) is 3.14. The van der Waals surface area contributed by atoms with Crippen molar-refractivity contribution in [1.82, 2.24) is 19.5 Å². The minimum absolute atomic E-state index is 0.0975. The van der Waals surface area contributed by atoms with Crippen LogP contribution < -0.4 is 14.8 Å². The lowest BCUT2D eigenvalue weighted by atomic mass is 10.1. The van der Waals surface area contributed by atoms with Crippen LogP contribution in [0.1, 0.15) is 22.5 Å². The molecule has 2 aromatic heterocycles. The molecule has 0 aliphatic heterocycles. The van der Waals surface area contributed by atoms with Gasteiger partial charge in [-0.15, -0.1) is 0 Å². The Morgan fingerprint density at radius 1 is 1.00 bits per heavy atom. The van der Waals surface area contributed by atoms with E-state index in [-0.39, 0.29) is 12.3 Å². The Morgan fingerprint density at radius 3 is 2.45 bits per heavy atom. The number of hydrogen-bond acceptors (Lipinski definition) is 6. The zero-order valence-electron chi connectivity index (χ0n) is 19.0. The van der Waals surface area contributed by atoms with Crippen molar-refractivity contribution in [3.63, 3.8) is 0 Å². The van der Waals surface area contributed by atoms with Crippen molar-refractivity contribution in [3.8, 4) is 23.2 Å². The van der Waals surface area contributed by atoms with E-state index in [4.69, 9.17) is 9.47 Å². The SMILES string of the molecule is COc1ccc(CC(=O)Nc2ccc(Oc3cc(-n4cnc(C)c4C)ncn3)cc2)cc1C. The van der Waals surface area contributed by atoms with Crippen molar-refractivity contribution in [3.05, 3.63) is 83.7 Å². The molecule has 8 heteroatoms. The Balaban J connectivity index is 1.38. The largest absolute Gasteiger partial charge is 0.496 e. The Labute approximate surface area is 192 Å². The molecule has 0 saturated carbocycles. The molecule has 0 saturated heterocycles. The summed E-state index contributed by atoms with van der Waals surface area (Å²) < 4.78 is 13.0. The summed E-state index contributed by atoms with van der Waals surface area (Å²) >= 11 is 0. The molecule has 1 amide bonds. The van der Waals surface area contributed by atoms with Crippen molar-refractivity contribution >= 4 is 11.6 Å². The molecule has 0 aliphatic carbocycles. The predicted molar refractivity (Wildman–Crippen MR) is 125 cm³/mol. The maximum absolute atomic E-state index is 12.4. The molecule has 0 unspecified atom stereocenters. The number of nitrogens with zero attached hydrogens (tertiary/aromatic N) is 4. The van der Waals surface area contributed by atoms with E-state index in [2.05, 4.69) is 20.3 Å². The topological polar surface area (TPSA) is 91.2 Å². The van der Waals surface area contributed by atoms with E-state index in [1.165, 1.54) is 6.33 Å². The quantitative estimate of drug-likeness (QED) is 0.450. The Morgan fingerprint density at radius 2 is 1.79 bits per heavy atom. The highest BCUT2D eigenvalue weighted by Crippen LogP contribution is 2.24. The van der Waals surface area contributed by atoms with Gasteiger partial charge in [0.25, 0.3) is 0 Å². The molecule has 2 heterocycles. The van der Waals surface area contributed by atoms with Crippen molar-refractivity contribution in [1.29, 1.82) is 0 Å². The highest BCUT2D eigenvalue weighted by Gasteiger charge is 2.09. The summed E-state index contributed by atoms with van der Waals surface area (Å²) in [6.45, 7) is 5.88. The molecule has 4 aromatic rings. The van der Waals surface area contributed by atoms with Gasteiger partial charge in [0.1, 0.15) is 30.0 Å². The zero-order chi connectivity index (χ0) is 23.4. The molecular formula is C25H25N5O3. The van der Waals surface area contributed by atoms with Gasteiger partial charge in [-0.05, 0) is 62.2 Å². The third kappa shape index (κ3) is 5.17. The van der Waals surface area contributed by atoms with Gasteiger partial charge in [-0.2, -0.15) is 0 Å². The normalized spacial score (nSPS) is 10.7. The van der Waals surface area contributed by atoms with Crippen molar-refractivity contribution in [2.24, 2.45) is 0 Å². The third-order valence-electron chi connectivity index (χ3n) is 5.31. The number of aromatic nitrogens is 4. The first kappa shape index (κ1) is 22.0. The van der Waals surface area contributed by atoms with Gasteiger partial charge in [-0.1, -0.05) is 12.1 Å². The number of hydrogen-bond donors (Lipinski definition) is 1. The van der Waals surface area contributed by atoms with Gasteiger partial charge in [0.2, 0.25) is 11.8 Å².